The fourth-order valence-electron chi connectivity index (χ4n) is 3.43. The van der Waals surface area contributed by atoms with Gasteiger partial charge in [-0.15, -0.1) is 0 Å². The number of ether oxygens (including phenoxy) is 2. The van der Waals surface area contributed by atoms with E-state index in [-0.39, 0.29) is 6.10 Å². The van der Waals surface area contributed by atoms with Crippen molar-refractivity contribution < 1.29 is 9.47 Å². The number of imidazole rings is 1. The van der Waals surface area contributed by atoms with Gasteiger partial charge in [0.2, 0.25) is 5.78 Å². The van der Waals surface area contributed by atoms with Crippen molar-refractivity contribution >= 4 is 17.4 Å². The van der Waals surface area contributed by atoms with Gasteiger partial charge < -0.3 is 14.8 Å². The largest absolute Gasteiger partial charge is 0.489 e. The van der Waals surface area contributed by atoms with E-state index in [1.165, 1.54) is 0 Å². The summed E-state index contributed by atoms with van der Waals surface area (Å²) in [6.07, 6.45) is 9.28. The topological polar surface area (TPSA) is 60.7 Å². The summed E-state index contributed by atoms with van der Waals surface area (Å²) < 4.78 is 14.0. The highest BCUT2D eigenvalue weighted by atomic mass is 16.5. The molecule has 6 heteroatoms. The maximum Gasteiger partial charge on any atom is 0.234 e. The Morgan fingerprint density at radius 2 is 2.27 bits per heavy atom. The third kappa shape index (κ3) is 2.82. The molecule has 1 N–H and O–H groups in total. The van der Waals surface area contributed by atoms with Gasteiger partial charge in [0.1, 0.15) is 24.2 Å². The summed E-state index contributed by atoms with van der Waals surface area (Å²) in [6, 6.07) is 6.04. The Kier molecular flexibility index (Phi) is 3.64. The molecule has 5 rings (SSSR count). The summed E-state index contributed by atoms with van der Waals surface area (Å²) in [5, 5.41) is 3.31. The predicted octanol–water partition coefficient (Wildman–Crippen LogP) is 2.71. The highest BCUT2D eigenvalue weighted by molar-refractivity contribution is 5.84. The second-order valence-corrected chi connectivity index (χ2v) is 6.86. The lowest BCUT2D eigenvalue weighted by molar-refractivity contribution is 0.221. The van der Waals surface area contributed by atoms with E-state index in [1.807, 2.05) is 48.1 Å². The monoisotopic (exact) mass is 348 g/mol. The maximum absolute atomic E-state index is 6.02. The Morgan fingerprint density at radius 1 is 1.31 bits per heavy atom. The van der Waals surface area contributed by atoms with E-state index in [2.05, 4.69) is 21.4 Å². The van der Waals surface area contributed by atoms with Crippen LogP contribution in [0.15, 0.2) is 36.8 Å². The first-order valence-corrected chi connectivity index (χ1v) is 8.91. The lowest BCUT2D eigenvalue weighted by Gasteiger charge is -2.19. The van der Waals surface area contributed by atoms with Crippen molar-refractivity contribution in [2.75, 3.05) is 19.7 Å². The smallest absolute Gasteiger partial charge is 0.234 e. The highest BCUT2D eigenvalue weighted by Crippen LogP contribution is 2.33. The van der Waals surface area contributed by atoms with Crippen LogP contribution in [0.2, 0.25) is 0 Å². The molecule has 132 valence electrons. The number of aromatic nitrogens is 3. The van der Waals surface area contributed by atoms with E-state index in [1.54, 1.807) is 0 Å². The molecule has 0 unspecified atom stereocenters. The van der Waals surface area contributed by atoms with Crippen LogP contribution in [0.5, 0.6) is 11.5 Å². The van der Waals surface area contributed by atoms with Crippen LogP contribution in [0, 0.1) is 6.92 Å². The minimum Gasteiger partial charge on any atom is -0.489 e. The summed E-state index contributed by atoms with van der Waals surface area (Å²) in [4.78, 5) is 8.97. The summed E-state index contributed by atoms with van der Waals surface area (Å²) in [7, 11) is 0. The van der Waals surface area contributed by atoms with Gasteiger partial charge in [0.15, 0.2) is 0 Å². The molecule has 2 aliphatic rings. The number of rotatable bonds is 3. The zero-order chi connectivity index (χ0) is 17.5. The van der Waals surface area contributed by atoms with E-state index < -0.39 is 0 Å². The Morgan fingerprint density at radius 3 is 3.15 bits per heavy atom. The number of nitrogens with zero attached hydrogens (tertiary/aromatic N) is 3. The Balaban J connectivity index is 1.43. The number of hydrogen-bond acceptors (Lipinski definition) is 5. The van der Waals surface area contributed by atoms with Crippen LogP contribution in [0.3, 0.4) is 0 Å². The molecule has 6 nitrogen and oxygen atoms in total. The summed E-state index contributed by atoms with van der Waals surface area (Å²) in [5.41, 5.74) is 4.09. The predicted molar refractivity (Wildman–Crippen MR) is 99.4 cm³/mol. The van der Waals surface area contributed by atoms with E-state index in [4.69, 9.17) is 9.47 Å². The van der Waals surface area contributed by atoms with Gasteiger partial charge in [-0.3, -0.25) is 4.40 Å². The van der Waals surface area contributed by atoms with Crippen LogP contribution >= 0.6 is 0 Å². The van der Waals surface area contributed by atoms with Gasteiger partial charge in [0.25, 0.3) is 0 Å². The average Bonchev–Trinajstić information content (AvgIpc) is 3.30. The van der Waals surface area contributed by atoms with Crippen LogP contribution in [-0.4, -0.2) is 40.2 Å². The molecular formula is C20H20N4O2. The van der Waals surface area contributed by atoms with Crippen molar-refractivity contribution in [3.63, 3.8) is 0 Å². The molecule has 2 aromatic heterocycles. The zero-order valence-corrected chi connectivity index (χ0v) is 14.6. The quantitative estimate of drug-likeness (QED) is 0.789. The number of hydrogen-bond donors (Lipinski definition) is 1. The molecule has 2 aliphatic heterocycles. The fourth-order valence-corrected chi connectivity index (χ4v) is 3.43. The van der Waals surface area contributed by atoms with Gasteiger partial charge in [-0.05, 0) is 43.7 Å². The Bertz CT molecular complexity index is 1000. The molecule has 0 spiro atoms. The SMILES string of the molecule is Cc1cnc2nc(C3=Cc4ccc(O[C@@H]5CCNC5)cc4OC3)cn2c1. The third-order valence-corrected chi connectivity index (χ3v) is 4.78. The van der Waals surface area contributed by atoms with Gasteiger partial charge in [-0.2, -0.15) is 0 Å². The zero-order valence-electron chi connectivity index (χ0n) is 14.6. The molecule has 4 heterocycles. The number of benzene rings is 1. The van der Waals surface area contributed by atoms with Crippen molar-refractivity contribution in [3.05, 3.63) is 53.6 Å². The molecule has 26 heavy (non-hydrogen) atoms. The van der Waals surface area contributed by atoms with Gasteiger partial charge >= 0.3 is 0 Å². The lowest BCUT2D eigenvalue weighted by atomic mass is 10.1. The number of nitrogens with one attached hydrogen (secondary N) is 1. The molecule has 0 aliphatic carbocycles. The van der Waals surface area contributed by atoms with Crippen LogP contribution in [0.1, 0.15) is 23.2 Å². The second-order valence-electron chi connectivity index (χ2n) is 6.86. The molecule has 0 bridgehead atoms. The molecule has 3 aromatic rings. The molecular weight excluding hydrogens is 328 g/mol. The van der Waals surface area contributed by atoms with Crippen molar-refractivity contribution in [1.29, 1.82) is 0 Å². The first-order chi connectivity index (χ1) is 12.7. The highest BCUT2D eigenvalue weighted by Gasteiger charge is 2.19. The first-order valence-electron chi connectivity index (χ1n) is 8.91. The minimum atomic E-state index is 0.247. The van der Waals surface area contributed by atoms with E-state index in [0.717, 1.165) is 53.4 Å². The first kappa shape index (κ1) is 15.4. The molecule has 0 saturated carbocycles. The van der Waals surface area contributed by atoms with Crippen molar-refractivity contribution in [2.24, 2.45) is 0 Å². The standard InChI is InChI=1S/C20H20N4O2/c1-13-8-22-20-23-18(11-24(20)10-13)15-6-14-2-3-16(7-19(14)25-12-15)26-17-4-5-21-9-17/h2-3,6-8,10-11,17,21H,4-5,9,12H2,1H3/t17-/m1/s1. The molecule has 0 amide bonds. The van der Waals surface area contributed by atoms with Crippen LogP contribution < -0.4 is 14.8 Å². The fraction of sp³-hybridized carbons (Fsp3) is 0.300. The lowest BCUT2D eigenvalue weighted by Crippen LogP contribution is -2.19. The van der Waals surface area contributed by atoms with Crippen molar-refractivity contribution in [3.8, 4) is 11.5 Å². The third-order valence-electron chi connectivity index (χ3n) is 4.78. The van der Waals surface area contributed by atoms with Crippen LogP contribution in [0.4, 0.5) is 0 Å². The summed E-state index contributed by atoms with van der Waals surface area (Å²) in [6.45, 7) is 4.44. The normalized spacial score (nSPS) is 19.1. The van der Waals surface area contributed by atoms with E-state index in [0.29, 0.717) is 12.4 Å². The summed E-state index contributed by atoms with van der Waals surface area (Å²) in [5.74, 6) is 2.42. The van der Waals surface area contributed by atoms with Gasteiger partial charge in [-0.25, -0.2) is 9.97 Å². The summed E-state index contributed by atoms with van der Waals surface area (Å²) >= 11 is 0. The Labute approximate surface area is 151 Å². The van der Waals surface area contributed by atoms with Gasteiger partial charge in [-0.1, -0.05) is 0 Å². The molecule has 1 atom stereocenters. The van der Waals surface area contributed by atoms with E-state index >= 15 is 0 Å². The number of fused-ring (bicyclic) bond motifs is 2. The molecule has 1 aromatic carbocycles. The van der Waals surface area contributed by atoms with Crippen LogP contribution in [-0.2, 0) is 0 Å². The molecule has 0 radical (unpaired) electrons. The number of aryl methyl sites for hydroxylation is 1. The molecule has 1 fully saturated rings. The van der Waals surface area contributed by atoms with Crippen LogP contribution in [0.25, 0.3) is 17.4 Å². The minimum absolute atomic E-state index is 0.247. The van der Waals surface area contributed by atoms with Gasteiger partial charge in [0, 0.05) is 42.3 Å². The van der Waals surface area contributed by atoms with Crippen molar-refractivity contribution in [1.82, 2.24) is 19.7 Å². The van der Waals surface area contributed by atoms with E-state index in [9.17, 15) is 0 Å². The maximum atomic E-state index is 6.02. The van der Waals surface area contributed by atoms with Crippen molar-refractivity contribution in [2.45, 2.75) is 19.4 Å². The Hall–Kier alpha value is -2.86. The average molecular weight is 348 g/mol. The molecule has 1 saturated heterocycles. The second kappa shape index (κ2) is 6.14. The van der Waals surface area contributed by atoms with Gasteiger partial charge in [0.05, 0.1) is 5.69 Å².